The first-order valence-electron chi connectivity index (χ1n) is 12.1. The van der Waals surface area contributed by atoms with Crippen LogP contribution in [0.15, 0.2) is 53.5 Å². The lowest BCUT2D eigenvalue weighted by Crippen LogP contribution is -2.42. The van der Waals surface area contributed by atoms with E-state index in [0.29, 0.717) is 24.0 Å². The molecule has 0 bridgehead atoms. The molecule has 1 aliphatic heterocycles. The van der Waals surface area contributed by atoms with Crippen molar-refractivity contribution in [3.05, 3.63) is 65.2 Å². The summed E-state index contributed by atoms with van der Waals surface area (Å²) in [7, 11) is 1.38. The average Bonchev–Trinajstić information content (AvgIpc) is 3.33. The van der Waals surface area contributed by atoms with E-state index >= 15 is 0 Å². The maximum absolute atomic E-state index is 11.6. The summed E-state index contributed by atoms with van der Waals surface area (Å²) in [5.74, 6) is 1.73. The monoisotopic (exact) mass is 473 g/mol. The van der Waals surface area contributed by atoms with Crippen LogP contribution < -0.4 is 4.74 Å². The van der Waals surface area contributed by atoms with E-state index < -0.39 is 0 Å². The molecule has 182 valence electrons. The summed E-state index contributed by atoms with van der Waals surface area (Å²) in [6.07, 6.45) is 3.41. The number of hydrogen-bond donors (Lipinski definition) is 0. The fraction of sp³-hybridized carbons (Fsp3) is 0.444. The SMILES string of the molecule is COC(=O)c1ccc(COc2ccc(C3C4CCCC(C(C)(C)C)C4=Nc4nnnn43)cc2)cc1. The number of esters is 1. The number of carbonyl (C=O) groups is 1. The summed E-state index contributed by atoms with van der Waals surface area (Å²) in [5, 5.41) is 12.4. The molecule has 5 rings (SSSR count). The van der Waals surface area contributed by atoms with Crippen LogP contribution in [0.2, 0.25) is 0 Å². The van der Waals surface area contributed by atoms with Crippen molar-refractivity contribution in [1.29, 1.82) is 0 Å². The maximum Gasteiger partial charge on any atom is 0.337 e. The van der Waals surface area contributed by atoms with Crippen molar-refractivity contribution < 1.29 is 14.3 Å². The standard InChI is InChI=1S/C27H31N5O3/c1-27(2,3)22-7-5-6-21-23(22)28-26-29-30-31-32(26)24(21)18-12-14-20(15-13-18)35-16-17-8-10-19(11-9-17)25(33)34-4/h8-15,21-22,24H,5-7,16H2,1-4H3. The van der Waals surface area contributed by atoms with Gasteiger partial charge in [0.05, 0.1) is 18.7 Å². The summed E-state index contributed by atoms with van der Waals surface area (Å²) in [4.78, 5) is 16.6. The lowest BCUT2D eigenvalue weighted by Gasteiger charge is -2.43. The first kappa shape index (κ1) is 23.2. The first-order valence-corrected chi connectivity index (χ1v) is 12.1. The molecule has 1 fully saturated rings. The van der Waals surface area contributed by atoms with Crippen molar-refractivity contribution in [1.82, 2.24) is 20.2 Å². The summed E-state index contributed by atoms with van der Waals surface area (Å²) >= 11 is 0. The van der Waals surface area contributed by atoms with Crippen LogP contribution in [-0.2, 0) is 11.3 Å². The van der Waals surface area contributed by atoms with Gasteiger partial charge in [0.1, 0.15) is 12.4 Å². The van der Waals surface area contributed by atoms with E-state index in [9.17, 15) is 4.79 Å². The normalized spacial score (nSPS) is 21.5. The fourth-order valence-corrected chi connectivity index (χ4v) is 5.34. The molecule has 0 radical (unpaired) electrons. The van der Waals surface area contributed by atoms with E-state index in [0.717, 1.165) is 29.7 Å². The van der Waals surface area contributed by atoms with E-state index in [1.54, 1.807) is 12.1 Å². The molecule has 1 aliphatic carbocycles. The van der Waals surface area contributed by atoms with Gasteiger partial charge in [0.2, 0.25) is 0 Å². The van der Waals surface area contributed by atoms with Crippen LogP contribution in [0.4, 0.5) is 5.95 Å². The number of benzene rings is 2. The highest BCUT2D eigenvalue weighted by Crippen LogP contribution is 2.47. The number of methoxy groups -OCH3 is 1. The van der Waals surface area contributed by atoms with Crippen molar-refractivity contribution in [3.63, 3.8) is 0 Å². The van der Waals surface area contributed by atoms with Gasteiger partial charge in [-0.15, -0.1) is 0 Å². The number of aliphatic imine (C=N–C) groups is 1. The van der Waals surface area contributed by atoms with Crippen LogP contribution in [-0.4, -0.2) is 39.0 Å². The number of hydrogen-bond acceptors (Lipinski definition) is 7. The second kappa shape index (κ2) is 9.24. The molecule has 8 nitrogen and oxygen atoms in total. The minimum Gasteiger partial charge on any atom is -0.489 e. The molecule has 3 aromatic rings. The first-order chi connectivity index (χ1) is 16.8. The van der Waals surface area contributed by atoms with E-state index in [2.05, 4.69) is 48.4 Å². The highest BCUT2D eigenvalue weighted by atomic mass is 16.5. The molecule has 8 heteroatoms. The molecule has 0 N–H and O–H groups in total. The highest BCUT2D eigenvalue weighted by Gasteiger charge is 2.44. The molecule has 2 aliphatic rings. The summed E-state index contributed by atoms with van der Waals surface area (Å²) in [6.45, 7) is 7.30. The van der Waals surface area contributed by atoms with Crippen LogP contribution >= 0.6 is 0 Å². The van der Waals surface area contributed by atoms with Gasteiger partial charge in [-0.25, -0.2) is 14.5 Å². The van der Waals surface area contributed by atoms with Crippen LogP contribution in [0.1, 0.15) is 67.6 Å². The topological polar surface area (TPSA) is 91.5 Å². The highest BCUT2D eigenvalue weighted by molar-refractivity contribution is 5.93. The van der Waals surface area contributed by atoms with Gasteiger partial charge >= 0.3 is 5.97 Å². The number of aromatic nitrogens is 4. The second-order valence-electron chi connectivity index (χ2n) is 10.4. The Morgan fingerprint density at radius 2 is 1.80 bits per heavy atom. The van der Waals surface area contributed by atoms with Gasteiger partial charge in [-0.1, -0.05) is 56.6 Å². The van der Waals surface area contributed by atoms with Crippen LogP contribution in [0, 0.1) is 17.3 Å². The molecule has 0 amide bonds. The zero-order valence-corrected chi connectivity index (χ0v) is 20.6. The third kappa shape index (κ3) is 4.57. The van der Waals surface area contributed by atoms with Crippen molar-refractivity contribution in [2.45, 2.75) is 52.7 Å². The minimum atomic E-state index is -0.346. The van der Waals surface area contributed by atoms with E-state index in [-0.39, 0.29) is 23.3 Å². The molecule has 1 aromatic heterocycles. The molecule has 0 spiro atoms. The molecule has 35 heavy (non-hydrogen) atoms. The van der Waals surface area contributed by atoms with Crippen LogP contribution in [0.3, 0.4) is 0 Å². The lowest BCUT2D eigenvalue weighted by atomic mass is 9.65. The van der Waals surface area contributed by atoms with Gasteiger partial charge < -0.3 is 9.47 Å². The number of tetrazole rings is 1. The van der Waals surface area contributed by atoms with Gasteiger partial charge in [-0.3, -0.25) is 0 Å². The Balaban J connectivity index is 1.34. The molecule has 3 atom stereocenters. The molecular formula is C27H31N5O3. The lowest BCUT2D eigenvalue weighted by molar-refractivity contribution is 0.0600. The number of nitrogens with zero attached hydrogens (tertiary/aromatic N) is 5. The largest absolute Gasteiger partial charge is 0.489 e. The fourth-order valence-electron chi connectivity index (χ4n) is 5.34. The smallest absolute Gasteiger partial charge is 0.337 e. The predicted molar refractivity (Wildman–Crippen MR) is 132 cm³/mol. The van der Waals surface area contributed by atoms with Gasteiger partial charge in [0.15, 0.2) is 0 Å². The summed E-state index contributed by atoms with van der Waals surface area (Å²) in [5.41, 5.74) is 4.04. The Morgan fingerprint density at radius 1 is 1.06 bits per heavy atom. The zero-order chi connectivity index (χ0) is 24.6. The molecule has 2 heterocycles. The number of carbonyl (C=O) groups excluding carboxylic acids is 1. The van der Waals surface area contributed by atoms with Gasteiger partial charge in [0.25, 0.3) is 5.95 Å². The van der Waals surface area contributed by atoms with Gasteiger partial charge in [-0.2, -0.15) is 0 Å². The predicted octanol–water partition coefficient (Wildman–Crippen LogP) is 5.18. The van der Waals surface area contributed by atoms with Crippen molar-refractivity contribution >= 4 is 17.6 Å². The van der Waals surface area contributed by atoms with Crippen LogP contribution in [0.5, 0.6) is 5.75 Å². The summed E-state index contributed by atoms with van der Waals surface area (Å²) in [6, 6.07) is 15.5. The van der Waals surface area contributed by atoms with Gasteiger partial charge in [-0.05, 0) is 64.1 Å². The Kier molecular flexibility index (Phi) is 6.13. The third-order valence-electron chi connectivity index (χ3n) is 7.14. The molecule has 3 unspecified atom stereocenters. The molecular weight excluding hydrogens is 442 g/mol. The van der Waals surface area contributed by atoms with Crippen molar-refractivity contribution in [2.24, 2.45) is 22.2 Å². The Bertz CT molecular complexity index is 1220. The van der Waals surface area contributed by atoms with Crippen LogP contribution in [0.25, 0.3) is 0 Å². The Morgan fingerprint density at radius 3 is 2.49 bits per heavy atom. The van der Waals surface area contributed by atoms with Gasteiger partial charge in [0, 0.05) is 17.5 Å². The minimum absolute atomic E-state index is 0.0255. The summed E-state index contributed by atoms with van der Waals surface area (Å²) < 4.78 is 12.6. The Labute approximate surface area is 205 Å². The number of fused-ring (bicyclic) bond motifs is 2. The van der Waals surface area contributed by atoms with Crippen molar-refractivity contribution in [3.8, 4) is 5.75 Å². The third-order valence-corrected chi connectivity index (χ3v) is 7.14. The molecule has 0 saturated heterocycles. The quantitative estimate of drug-likeness (QED) is 0.475. The molecule has 2 aromatic carbocycles. The zero-order valence-electron chi connectivity index (χ0n) is 20.6. The number of ether oxygens (including phenoxy) is 2. The maximum atomic E-state index is 11.6. The second-order valence-corrected chi connectivity index (χ2v) is 10.4. The van der Waals surface area contributed by atoms with E-state index in [1.807, 2.05) is 28.9 Å². The molecule has 1 saturated carbocycles. The van der Waals surface area contributed by atoms with E-state index in [1.165, 1.54) is 19.2 Å². The Hall–Kier alpha value is -3.55. The average molecular weight is 474 g/mol. The number of rotatable bonds is 5. The van der Waals surface area contributed by atoms with E-state index in [4.69, 9.17) is 14.5 Å². The van der Waals surface area contributed by atoms with Crippen molar-refractivity contribution in [2.75, 3.05) is 7.11 Å².